The highest BCUT2D eigenvalue weighted by Gasteiger charge is 2.02. The quantitative estimate of drug-likeness (QED) is 0.590. The van der Waals surface area contributed by atoms with Gasteiger partial charge in [0.2, 0.25) is 5.91 Å². The number of carbonyl (C=O) groups is 1. The zero-order chi connectivity index (χ0) is 9.40. The smallest absolute Gasteiger partial charge is 0.220 e. The molecule has 1 unspecified atom stereocenters. The Morgan fingerprint density at radius 2 is 2.33 bits per heavy atom. The van der Waals surface area contributed by atoms with Gasteiger partial charge in [0.05, 0.1) is 6.10 Å². The minimum atomic E-state index is 0.0457. The molecule has 0 aliphatic rings. The first-order valence-corrected chi connectivity index (χ1v) is 4.20. The fraction of sp³-hybridized carbons (Fsp3) is 0.875. The highest BCUT2D eigenvalue weighted by Crippen LogP contribution is 1.88. The minimum absolute atomic E-state index is 0.0457. The lowest BCUT2D eigenvalue weighted by Gasteiger charge is -2.10. The minimum Gasteiger partial charge on any atom is -0.380 e. The van der Waals surface area contributed by atoms with Crippen LogP contribution in [0.1, 0.15) is 19.8 Å². The van der Waals surface area contributed by atoms with Crippen LogP contribution in [0.2, 0.25) is 0 Å². The molecule has 0 bridgehead atoms. The Labute approximate surface area is 73.5 Å². The number of carbonyl (C=O) groups excluding carboxylic acids is 1. The molecule has 0 aromatic heterocycles. The van der Waals surface area contributed by atoms with Gasteiger partial charge in [0.25, 0.3) is 0 Å². The highest BCUT2D eigenvalue weighted by atomic mass is 16.5. The van der Waals surface area contributed by atoms with Crippen LogP contribution < -0.4 is 11.1 Å². The van der Waals surface area contributed by atoms with E-state index in [2.05, 4.69) is 5.32 Å². The van der Waals surface area contributed by atoms with E-state index in [1.165, 1.54) is 0 Å². The third-order valence-corrected chi connectivity index (χ3v) is 1.60. The zero-order valence-electron chi connectivity index (χ0n) is 7.80. The van der Waals surface area contributed by atoms with E-state index in [0.717, 1.165) is 6.42 Å². The van der Waals surface area contributed by atoms with Gasteiger partial charge < -0.3 is 15.8 Å². The summed E-state index contributed by atoms with van der Waals surface area (Å²) >= 11 is 0. The van der Waals surface area contributed by atoms with Crippen LogP contribution in [0.15, 0.2) is 0 Å². The number of hydrogen-bond donors (Lipinski definition) is 2. The maximum absolute atomic E-state index is 11.0. The maximum atomic E-state index is 11.0. The summed E-state index contributed by atoms with van der Waals surface area (Å²) in [4.78, 5) is 11.0. The average molecular weight is 174 g/mol. The monoisotopic (exact) mass is 174 g/mol. The normalized spacial score (nSPS) is 12.6. The lowest BCUT2D eigenvalue weighted by molar-refractivity contribution is -0.121. The summed E-state index contributed by atoms with van der Waals surface area (Å²) in [5.74, 6) is 0.0457. The number of hydrogen-bond acceptors (Lipinski definition) is 3. The first kappa shape index (κ1) is 11.4. The number of ether oxygens (including phenoxy) is 1. The Kier molecular flexibility index (Phi) is 6.70. The first-order valence-electron chi connectivity index (χ1n) is 4.20. The van der Waals surface area contributed by atoms with Gasteiger partial charge in [0.15, 0.2) is 0 Å². The summed E-state index contributed by atoms with van der Waals surface area (Å²) in [5, 5.41) is 2.75. The summed E-state index contributed by atoms with van der Waals surface area (Å²) in [5.41, 5.74) is 5.25. The molecule has 0 aromatic rings. The SMILES string of the molecule is COC(C)CNC(=O)CCCN. The van der Waals surface area contributed by atoms with Crippen LogP contribution in [-0.2, 0) is 9.53 Å². The van der Waals surface area contributed by atoms with Crippen LogP contribution in [0, 0.1) is 0 Å². The summed E-state index contributed by atoms with van der Waals surface area (Å²) < 4.78 is 4.97. The van der Waals surface area contributed by atoms with Gasteiger partial charge in [0.1, 0.15) is 0 Å². The van der Waals surface area contributed by atoms with Crippen molar-refractivity contribution in [2.45, 2.75) is 25.9 Å². The molecule has 12 heavy (non-hydrogen) atoms. The van der Waals surface area contributed by atoms with Crippen LogP contribution >= 0.6 is 0 Å². The van der Waals surface area contributed by atoms with Gasteiger partial charge in [-0.1, -0.05) is 0 Å². The van der Waals surface area contributed by atoms with Crippen LogP contribution in [0.4, 0.5) is 0 Å². The predicted molar refractivity (Wildman–Crippen MR) is 47.8 cm³/mol. The lowest BCUT2D eigenvalue weighted by Crippen LogP contribution is -2.31. The van der Waals surface area contributed by atoms with E-state index in [1.807, 2.05) is 6.92 Å². The Balaban J connectivity index is 3.31. The van der Waals surface area contributed by atoms with Gasteiger partial charge >= 0.3 is 0 Å². The summed E-state index contributed by atoms with van der Waals surface area (Å²) in [6.07, 6.45) is 1.33. The summed E-state index contributed by atoms with van der Waals surface area (Å²) in [6, 6.07) is 0. The second kappa shape index (κ2) is 7.06. The van der Waals surface area contributed by atoms with E-state index in [-0.39, 0.29) is 12.0 Å². The maximum Gasteiger partial charge on any atom is 0.220 e. The second-order valence-electron chi connectivity index (χ2n) is 2.74. The van der Waals surface area contributed by atoms with Crippen molar-refractivity contribution >= 4 is 5.91 Å². The molecule has 0 spiro atoms. The van der Waals surface area contributed by atoms with Crippen molar-refractivity contribution in [3.05, 3.63) is 0 Å². The molecule has 1 amide bonds. The topological polar surface area (TPSA) is 64.3 Å². The van der Waals surface area contributed by atoms with Gasteiger partial charge in [-0.3, -0.25) is 4.79 Å². The average Bonchev–Trinajstić information content (AvgIpc) is 2.10. The van der Waals surface area contributed by atoms with Crippen LogP contribution in [0.5, 0.6) is 0 Å². The molecule has 0 aromatic carbocycles. The summed E-state index contributed by atoms with van der Waals surface area (Å²) in [6.45, 7) is 3.04. The van der Waals surface area contributed by atoms with E-state index in [9.17, 15) is 4.79 Å². The molecular weight excluding hydrogens is 156 g/mol. The molecule has 72 valence electrons. The van der Waals surface area contributed by atoms with Crippen molar-refractivity contribution in [1.29, 1.82) is 0 Å². The molecule has 0 radical (unpaired) electrons. The number of nitrogens with two attached hydrogens (primary N) is 1. The number of rotatable bonds is 6. The van der Waals surface area contributed by atoms with Crippen molar-refractivity contribution in [1.82, 2.24) is 5.32 Å². The summed E-state index contributed by atoms with van der Waals surface area (Å²) in [7, 11) is 1.62. The Bertz CT molecular complexity index is 128. The number of amides is 1. The van der Waals surface area contributed by atoms with Gasteiger partial charge in [-0.05, 0) is 19.9 Å². The molecule has 3 N–H and O–H groups in total. The highest BCUT2D eigenvalue weighted by molar-refractivity contribution is 5.75. The van der Waals surface area contributed by atoms with Crippen molar-refractivity contribution in [2.24, 2.45) is 5.73 Å². The van der Waals surface area contributed by atoms with E-state index in [0.29, 0.717) is 19.5 Å². The molecule has 4 heteroatoms. The molecule has 0 fully saturated rings. The predicted octanol–water partition coefficient (Wildman–Crippen LogP) is -0.124. The third kappa shape index (κ3) is 6.12. The number of nitrogens with one attached hydrogen (secondary N) is 1. The molecule has 0 saturated heterocycles. The fourth-order valence-corrected chi connectivity index (χ4v) is 0.692. The zero-order valence-corrected chi connectivity index (χ0v) is 7.80. The van der Waals surface area contributed by atoms with Gasteiger partial charge in [-0.25, -0.2) is 0 Å². The largest absolute Gasteiger partial charge is 0.380 e. The van der Waals surface area contributed by atoms with Crippen LogP contribution in [-0.4, -0.2) is 32.2 Å². The number of methoxy groups -OCH3 is 1. The van der Waals surface area contributed by atoms with Gasteiger partial charge in [-0.15, -0.1) is 0 Å². The molecule has 4 nitrogen and oxygen atoms in total. The standard InChI is InChI=1S/C8H18N2O2/c1-7(12-2)6-10-8(11)4-3-5-9/h7H,3-6,9H2,1-2H3,(H,10,11). The fourth-order valence-electron chi connectivity index (χ4n) is 0.692. The van der Waals surface area contributed by atoms with E-state index >= 15 is 0 Å². The van der Waals surface area contributed by atoms with Gasteiger partial charge in [0, 0.05) is 20.1 Å². The molecule has 0 aliphatic carbocycles. The Hall–Kier alpha value is -0.610. The van der Waals surface area contributed by atoms with E-state index < -0.39 is 0 Å². The third-order valence-electron chi connectivity index (χ3n) is 1.60. The molecule has 0 aliphatic heterocycles. The van der Waals surface area contributed by atoms with Crippen molar-refractivity contribution < 1.29 is 9.53 Å². The molecular formula is C8H18N2O2. The second-order valence-corrected chi connectivity index (χ2v) is 2.74. The van der Waals surface area contributed by atoms with E-state index in [1.54, 1.807) is 7.11 Å². The molecule has 0 saturated carbocycles. The van der Waals surface area contributed by atoms with Crippen LogP contribution in [0.25, 0.3) is 0 Å². The first-order chi connectivity index (χ1) is 5.70. The van der Waals surface area contributed by atoms with Crippen LogP contribution in [0.3, 0.4) is 0 Å². The Morgan fingerprint density at radius 3 is 2.83 bits per heavy atom. The van der Waals surface area contributed by atoms with Crippen molar-refractivity contribution in [3.63, 3.8) is 0 Å². The van der Waals surface area contributed by atoms with Crippen molar-refractivity contribution in [2.75, 3.05) is 20.2 Å². The van der Waals surface area contributed by atoms with Gasteiger partial charge in [-0.2, -0.15) is 0 Å². The molecule has 0 rings (SSSR count). The molecule has 1 atom stereocenters. The van der Waals surface area contributed by atoms with Crippen molar-refractivity contribution in [3.8, 4) is 0 Å². The Morgan fingerprint density at radius 1 is 1.67 bits per heavy atom. The van der Waals surface area contributed by atoms with E-state index in [4.69, 9.17) is 10.5 Å². The lowest BCUT2D eigenvalue weighted by atomic mass is 10.3. The molecule has 0 heterocycles.